The van der Waals surface area contributed by atoms with Crippen molar-refractivity contribution in [1.82, 2.24) is 10.2 Å². The van der Waals surface area contributed by atoms with Crippen molar-refractivity contribution in [2.24, 2.45) is 0 Å². The molecule has 0 radical (unpaired) electrons. The summed E-state index contributed by atoms with van der Waals surface area (Å²) < 4.78 is 4.96. The number of carbonyl (C=O) groups is 2. The van der Waals surface area contributed by atoms with Crippen LogP contribution in [0.2, 0.25) is 0 Å². The Morgan fingerprint density at radius 1 is 0.462 bits per heavy atom. The molecule has 0 aliphatic rings. The maximum Gasteiger partial charge on any atom is 0.407 e. The Hall–Kier alpha value is -2.04. The van der Waals surface area contributed by atoms with Crippen LogP contribution in [-0.4, -0.2) is 36.6 Å². The van der Waals surface area contributed by atoms with Gasteiger partial charge in [0.1, 0.15) is 0 Å². The van der Waals surface area contributed by atoms with Gasteiger partial charge in [-0.1, -0.05) is 219 Å². The lowest BCUT2D eigenvalue weighted by Crippen LogP contribution is -2.33. The summed E-state index contributed by atoms with van der Waals surface area (Å²) in [5.41, 5.74) is 1.71. The summed E-state index contributed by atoms with van der Waals surface area (Å²) in [6.07, 6.45) is 43.1. The molecular weight excluding hydrogens is 641 g/mol. The van der Waals surface area contributed by atoms with Crippen molar-refractivity contribution < 1.29 is 14.3 Å². The predicted molar refractivity (Wildman–Crippen MR) is 225 cm³/mol. The molecule has 2 amide bonds. The highest BCUT2D eigenvalue weighted by Gasteiger charge is 2.15. The number of carbonyl (C=O) groups excluding carboxylic acids is 2. The van der Waals surface area contributed by atoms with Crippen LogP contribution in [0.15, 0.2) is 24.3 Å². The van der Waals surface area contributed by atoms with Crippen molar-refractivity contribution in [2.75, 3.05) is 19.7 Å². The maximum absolute atomic E-state index is 13.6. The Bertz CT molecular complexity index is 882. The predicted octanol–water partition coefficient (Wildman–Crippen LogP) is 14.9. The van der Waals surface area contributed by atoms with E-state index < -0.39 is 6.09 Å². The molecule has 0 atom stereocenters. The molecule has 5 nitrogen and oxygen atoms in total. The van der Waals surface area contributed by atoms with E-state index in [0.29, 0.717) is 13.2 Å². The van der Waals surface area contributed by atoms with E-state index in [4.69, 9.17) is 4.74 Å². The molecule has 0 aliphatic carbocycles. The van der Waals surface area contributed by atoms with Gasteiger partial charge in [0.15, 0.2) is 0 Å². The van der Waals surface area contributed by atoms with Gasteiger partial charge in [-0.3, -0.25) is 4.79 Å². The molecule has 0 unspecified atom stereocenters. The van der Waals surface area contributed by atoms with E-state index in [2.05, 4.69) is 24.1 Å². The first-order valence-electron chi connectivity index (χ1n) is 22.9. The van der Waals surface area contributed by atoms with Crippen LogP contribution >= 0.6 is 0 Å². The molecule has 0 aliphatic heterocycles. The fourth-order valence-corrected chi connectivity index (χ4v) is 7.32. The fraction of sp³-hybridized carbons (Fsp3) is 0.830. The number of amides is 2. The molecule has 0 fully saturated rings. The highest BCUT2D eigenvalue weighted by Crippen LogP contribution is 2.17. The summed E-state index contributed by atoms with van der Waals surface area (Å²) in [5, 5.41) is 2.76. The van der Waals surface area contributed by atoms with Gasteiger partial charge >= 0.3 is 6.09 Å². The smallest absolute Gasteiger partial charge is 0.407 e. The van der Waals surface area contributed by atoms with Crippen molar-refractivity contribution >= 4 is 12.0 Å². The average Bonchev–Trinajstić information content (AvgIpc) is 3.16. The van der Waals surface area contributed by atoms with Crippen LogP contribution in [0.25, 0.3) is 0 Å². The Kier molecular flexibility index (Phi) is 34.4. The van der Waals surface area contributed by atoms with Crippen molar-refractivity contribution in [3.8, 4) is 0 Å². The van der Waals surface area contributed by atoms with Gasteiger partial charge in [0.2, 0.25) is 0 Å². The summed E-state index contributed by atoms with van der Waals surface area (Å²) in [7, 11) is 0. The van der Waals surface area contributed by atoms with Gasteiger partial charge in [-0.2, -0.15) is 0 Å². The van der Waals surface area contributed by atoms with Crippen molar-refractivity contribution in [2.45, 2.75) is 233 Å². The second-order valence-corrected chi connectivity index (χ2v) is 15.7. The lowest BCUT2D eigenvalue weighted by Gasteiger charge is -2.23. The fourth-order valence-electron chi connectivity index (χ4n) is 7.32. The number of ether oxygens (including phenoxy) is 1. The minimum Gasteiger partial charge on any atom is -0.450 e. The molecule has 0 heterocycles. The highest BCUT2D eigenvalue weighted by molar-refractivity contribution is 5.94. The van der Waals surface area contributed by atoms with Crippen molar-refractivity contribution in [3.05, 3.63) is 35.4 Å². The third-order valence-corrected chi connectivity index (χ3v) is 10.8. The SMILES string of the molecule is CCCCCCCCCCCCCCCCCCN(CCCCCCCCCCCCCCCCCC)C(=O)c1ccc(CNC(=O)OCC)cc1. The summed E-state index contributed by atoms with van der Waals surface area (Å²) in [6, 6.07) is 7.72. The zero-order valence-corrected chi connectivity index (χ0v) is 34.9. The third kappa shape index (κ3) is 29.4. The van der Waals surface area contributed by atoms with Gasteiger partial charge < -0.3 is 15.0 Å². The Morgan fingerprint density at radius 3 is 1.08 bits per heavy atom. The summed E-state index contributed by atoms with van der Waals surface area (Å²) in [5.74, 6) is 0.145. The molecule has 0 bridgehead atoms. The molecule has 1 aromatic carbocycles. The van der Waals surface area contributed by atoms with E-state index in [9.17, 15) is 9.59 Å². The maximum atomic E-state index is 13.6. The second kappa shape index (κ2) is 37.3. The number of hydrogen-bond acceptors (Lipinski definition) is 3. The summed E-state index contributed by atoms with van der Waals surface area (Å²) in [6.45, 7) is 8.83. The van der Waals surface area contributed by atoms with Gasteiger partial charge in [0, 0.05) is 25.2 Å². The summed E-state index contributed by atoms with van der Waals surface area (Å²) in [4.78, 5) is 27.4. The van der Waals surface area contributed by atoms with E-state index in [1.54, 1.807) is 6.92 Å². The van der Waals surface area contributed by atoms with E-state index in [-0.39, 0.29) is 5.91 Å². The van der Waals surface area contributed by atoms with E-state index >= 15 is 0 Å². The van der Waals surface area contributed by atoms with Crippen LogP contribution in [0.4, 0.5) is 4.79 Å². The number of alkyl carbamates (subject to hydrolysis) is 1. The topological polar surface area (TPSA) is 58.6 Å². The number of benzene rings is 1. The largest absolute Gasteiger partial charge is 0.450 e. The number of nitrogens with zero attached hydrogens (tertiary/aromatic N) is 1. The quantitative estimate of drug-likeness (QED) is 0.0690. The summed E-state index contributed by atoms with van der Waals surface area (Å²) >= 11 is 0. The lowest BCUT2D eigenvalue weighted by atomic mass is 10.0. The highest BCUT2D eigenvalue weighted by atomic mass is 16.5. The van der Waals surface area contributed by atoms with Gasteiger partial charge in [-0.15, -0.1) is 0 Å². The Morgan fingerprint density at radius 2 is 0.769 bits per heavy atom. The molecule has 1 N–H and O–H groups in total. The van der Waals surface area contributed by atoms with Crippen LogP contribution in [0, 0.1) is 0 Å². The molecular formula is C47H86N2O3. The van der Waals surface area contributed by atoms with Crippen molar-refractivity contribution in [1.29, 1.82) is 0 Å². The number of unbranched alkanes of at least 4 members (excludes halogenated alkanes) is 30. The standard InChI is InChI=1S/C47H86N2O3/c1-4-7-9-11-13-15-17-19-21-23-25-27-29-31-33-35-41-49(46(50)45-39-37-44(38-40-45)43-48-47(51)52-6-3)42-36-34-32-30-28-26-24-22-20-18-16-14-12-10-8-5-2/h37-40H,4-36,41-43H2,1-3H3,(H,48,51). The van der Waals surface area contributed by atoms with Gasteiger partial charge in [-0.25, -0.2) is 4.79 Å². The van der Waals surface area contributed by atoms with Gasteiger partial charge in [0.05, 0.1) is 6.61 Å². The first-order valence-corrected chi connectivity index (χ1v) is 22.9. The zero-order chi connectivity index (χ0) is 37.6. The van der Waals surface area contributed by atoms with E-state index in [0.717, 1.165) is 37.1 Å². The van der Waals surface area contributed by atoms with Crippen LogP contribution in [0.1, 0.15) is 242 Å². The number of rotatable bonds is 38. The molecule has 1 rings (SSSR count). The van der Waals surface area contributed by atoms with Gasteiger partial charge in [-0.05, 0) is 37.5 Å². The number of nitrogens with one attached hydrogen (secondary N) is 1. The van der Waals surface area contributed by atoms with Crippen LogP contribution in [0.5, 0.6) is 0 Å². The van der Waals surface area contributed by atoms with E-state index in [1.807, 2.05) is 24.3 Å². The first kappa shape index (κ1) is 48.0. The van der Waals surface area contributed by atoms with E-state index in [1.165, 1.54) is 193 Å². The number of hydrogen-bond donors (Lipinski definition) is 1. The van der Waals surface area contributed by atoms with Crippen LogP contribution in [0.3, 0.4) is 0 Å². The molecule has 0 spiro atoms. The zero-order valence-electron chi connectivity index (χ0n) is 34.9. The van der Waals surface area contributed by atoms with Crippen molar-refractivity contribution in [3.63, 3.8) is 0 Å². The van der Waals surface area contributed by atoms with Crippen LogP contribution in [-0.2, 0) is 11.3 Å². The Balaban J connectivity index is 2.30. The molecule has 5 heteroatoms. The average molecular weight is 727 g/mol. The molecule has 0 saturated carbocycles. The third-order valence-electron chi connectivity index (χ3n) is 10.8. The second-order valence-electron chi connectivity index (χ2n) is 15.7. The Labute approximate surface area is 323 Å². The van der Waals surface area contributed by atoms with Crippen LogP contribution < -0.4 is 5.32 Å². The monoisotopic (exact) mass is 727 g/mol. The molecule has 0 aromatic heterocycles. The molecule has 302 valence electrons. The normalized spacial score (nSPS) is 11.2. The first-order chi connectivity index (χ1) is 25.6. The lowest BCUT2D eigenvalue weighted by molar-refractivity contribution is 0.0749. The molecule has 1 aromatic rings. The minimum absolute atomic E-state index is 0.145. The minimum atomic E-state index is -0.411. The van der Waals surface area contributed by atoms with Gasteiger partial charge in [0.25, 0.3) is 5.91 Å². The molecule has 52 heavy (non-hydrogen) atoms. The molecule has 0 saturated heterocycles.